The summed E-state index contributed by atoms with van der Waals surface area (Å²) in [5.41, 5.74) is 1.01. The van der Waals surface area contributed by atoms with E-state index in [9.17, 15) is 4.39 Å². The second-order valence-corrected chi connectivity index (χ2v) is 5.68. The topological polar surface area (TPSA) is 21.3 Å². The number of rotatable bonds is 6. The van der Waals surface area contributed by atoms with Gasteiger partial charge in [-0.05, 0) is 43.5 Å². The molecule has 2 rings (SSSR count). The van der Waals surface area contributed by atoms with Crippen molar-refractivity contribution >= 4 is 0 Å². The van der Waals surface area contributed by atoms with E-state index < -0.39 is 0 Å². The molecule has 1 N–H and O–H groups in total. The maximum absolute atomic E-state index is 13.1. The molecule has 1 aliphatic heterocycles. The summed E-state index contributed by atoms with van der Waals surface area (Å²) in [5, 5.41) is 3.52. The molecule has 1 aromatic rings. The zero-order valence-corrected chi connectivity index (χ0v) is 12.1. The largest absolute Gasteiger partial charge is 0.490 e. The molecule has 0 radical (unpaired) electrons. The van der Waals surface area contributed by atoms with Gasteiger partial charge in [0.2, 0.25) is 0 Å². The Morgan fingerprint density at radius 2 is 2.21 bits per heavy atom. The molecule has 0 amide bonds. The van der Waals surface area contributed by atoms with Crippen molar-refractivity contribution in [3.05, 3.63) is 29.6 Å². The van der Waals surface area contributed by atoms with Crippen molar-refractivity contribution in [3.63, 3.8) is 0 Å². The van der Waals surface area contributed by atoms with E-state index in [0.29, 0.717) is 12.0 Å². The van der Waals surface area contributed by atoms with E-state index in [1.54, 1.807) is 12.1 Å². The molecule has 106 valence electrons. The van der Waals surface area contributed by atoms with Crippen LogP contribution in [-0.4, -0.2) is 18.7 Å². The highest BCUT2D eigenvalue weighted by atomic mass is 19.1. The number of hydrogen-bond donors (Lipinski definition) is 1. The van der Waals surface area contributed by atoms with Gasteiger partial charge in [-0.15, -0.1) is 0 Å². The van der Waals surface area contributed by atoms with Crippen LogP contribution in [0.3, 0.4) is 0 Å². The molecule has 1 aliphatic rings. The van der Waals surface area contributed by atoms with Crippen LogP contribution in [0.1, 0.15) is 39.2 Å². The number of fused-ring (bicyclic) bond motifs is 1. The van der Waals surface area contributed by atoms with Crippen LogP contribution in [0, 0.1) is 11.7 Å². The van der Waals surface area contributed by atoms with Gasteiger partial charge in [-0.25, -0.2) is 4.39 Å². The molecule has 0 fully saturated rings. The summed E-state index contributed by atoms with van der Waals surface area (Å²) in [7, 11) is 0. The lowest BCUT2D eigenvalue weighted by molar-refractivity contribution is 0.205. The number of hydrogen-bond acceptors (Lipinski definition) is 2. The Morgan fingerprint density at radius 1 is 1.42 bits per heavy atom. The number of halogens is 1. The van der Waals surface area contributed by atoms with Crippen LogP contribution < -0.4 is 10.1 Å². The molecule has 1 aromatic carbocycles. The summed E-state index contributed by atoms with van der Waals surface area (Å²) in [5.74, 6) is 1.31. The summed E-state index contributed by atoms with van der Waals surface area (Å²) < 4.78 is 19.0. The monoisotopic (exact) mass is 265 g/mol. The number of nitrogens with one attached hydrogen (secondary N) is 1. The zero-order chi connectivity index (χ0) is 13.8. The first-order valence-corrected chi connectivity index (χ1v) is 7.28. The first-order valence-electron chi connectivity index (χ1n) is 7.28. The predicted molar refractivity (Wildman–Crippen MR) is 76.1 cm³/mol. The standard InChI is InChI=1S/C16H24FNO/c1-4-18-15(11(2)3)7-6-14-10-12-9-13(17)5-8-16(12)19-14/h5,8-9,11,14-15,18H,4,6-7,10H2,1-3H3. The third-order valence-corrected chi connectivity index (χ3v) is 3.83. The van der Waals surface area contributed by atoms with Crippen LogP contribution in [0.2, 0.25) is 0 Å². The van der Waals surface area contributed by atoms with Crippen LogP contribution in [0.25, 0.3) is 0 Å². The predicted octanol–water partition coefficient (Wildman–Crippen LogP) is 3.54. The van der Waals surface area contributed by atoms with E-state index in [1.165, 1.54) is 6.07 Å². The van der Waals surface area contributed by atoms with E-state index in [-0.39, 0.29) is 11.9 Å². The second kappa shape index (κ2) is 6.38. The van der Waals surface area contributed by atoms with Gasteiger partial charge in [-0.2, -0.15) is 0 Å². The minimum atomic E-state index is -0.171. The fourth-order valence-electron chi connectivity index (χ4n) is 2.75. The Bertz CT molecular complexity index is 419. The van der Waals surface area contributed by atoms with Crippen molar-refractivity contribution in [2.45, 2.75) is 52.2 Å². The Hall–Kier alpha value is -1.09. The molecule has 1 heterocycles. The Labute approximate surface area is 115 Å². The SMILES string of the molecule is CCNC(CCC1Cc2cc(F)ccc2O1)C(C)C. The average Bonchev–Trinajstić information content (AvgIpc) is 2.75. The molecule has 0 bridgehead atoms. The molecule has 0 spiro atoms. The van der Waals surface area contributed by atoms with Crippen molar-refractivity contribution in [2.75, 3.05) is 6.54 Å². The van der Waals surface area contributed by atoms with Gasteiger partial charge in [0.1, 0.15) is 17.7 Å². The van der Waals surface area contributed by atoms with Crippen molar-refractivity contribution in [2.24, 2.45) is 5.92 Å². The fraction of sp³-hybridized carbons (Fsp3) is 0.625. The van der Waals surface area contributed by atoms with Gasteiger partial charge >= 0.3 is 0 Å². The van der Waals surface area contributed by atoms with Gasteiger partial charge in [0.15, 0.2) is 0 Å². The van der Waals surface area contributed by atoms with Gasteiger partial charge in [0, 0.05) is 18.0 Å². The first kappa shape index (κ1) is 14.3. The molecule has 2 nitrogen and oxygen atoms in total. The van der Waals surface area contributed by atoms with Crippen LogP contribution in [0.4, 0.5) is 4.39 Å². The van der Waals surface area contributed by atoms with E-state index in [0.717, 1.165) is 37.1 Å². The van der Waals surface area contributed by atoms with E-state index >= 15 is 0 Å². The molecule has 3 heteroatoms. The minimum absolute atomic E-state index is 0.171. The molecule has 2 unspecified atom stereocenters. The molecular weight excluding hydrogens is 241 g/mol. The lowest BCUT2D eigenvalue weighted by atomic mass is 9.96. The van der Waals surface area contributed by atoms with Crippen molar-refractivity contribution in [1.82, 2.24) is 5.32 Å². The van der Waals surface area contributed by atoms with Crippen molar-refractivity contribution < 1.29 is 9.13 Å². The van der Waals surface area contributed by atoms with Crippen LogP contribution in [-0.2, 0) is 6.42 Å². The fourth-order valence-corrected chi connectivity index (χ4v) is 2.75. The molecule has 2 atom stereocenters. The van der Waals surface area contributed by atoms with Crippen LogP contribution in [0.15, 0.2) is 18.2 Å². The van der Waals surface area contributed by atoms with Gasteiger partial charge in [0.05, 0.1) is 0 Å². The van der Waals surface area contributed by atoms with E-state index in [1.807, 2.05) is 0 Å². The third kappa shape index (κ3) is 3.69. The molecule has 0 aromatic heterocycles. The van der Waals surface area contributed by atoms with Crippen LogP contribution >= 0.6 is 0 Å². The summed E-state index contributed by atoms with van der Waals surface area (Å²) in [6.45, 7) is 7.62. The lowest BCUT2D eigenvalue weighted by Gasteiger charge is -2.23. The van der Waals surface area contributed by atoms with Gasteiger partial charge < -0.3 is 10.1 Å². The Morgan fingerprint density at radius 3 is 2.89 bits per heavy atom. The maximum Gasteiger partial charge on any atom is 0.123 e. The van der Waals surface area contributed by atoms with Gasteiger partial charge in [-0.3, -0.25) is 0 Å². The average molecular weight is 265 g/mol. The summed E-state index contributed by atoms with van der Waals surface area (Å²) in [6, 6.07) is 5.35. The first-order chi connectivity index (χ1) is 9.10. The summed E-state index contributed by atoms with van der Waals surface area (Å²) in [4.78, 5) is 0. The number of benzene rings is 1. The lowest BCUT2D eigenvalue weighted by Crippen LogP contribution is -2.34. The maximum atomic E-state index is 13.1. The van der Waals surface area contributed by atoms with Gasteiger partial charge in [-0.1, -0.05) is 20.8 Å². The van der Waals surface area contributed by atoms with Crippen molar-refractivity contribution in [1.29, 1.82) is 0 Å². The van der Waals surface area contributed by atoms with E-state index in [2.05, 4.69) is 26.1 Å². The van der Waals surface area contributed by atoms with Crippen LogP contribution in [0.5, 0.6) is 5.75 Å². The Kier molecular flexibility index (Phi) is 4.81. The Balaban J connectivity index is 1.86. The summed E-state index contributed by atoms with van der Waals surface area (Å²) >= 11 is 0. The smallest absolute Gasteiger partial charge is 0.123 e. The number of ether oxygens (including phenoxy) is 1. The molecular formula is C16H24FNO. The normalized spacial score (nSPS) is 19.3. The van der Waals surface area contributed by atoms with Gasteiger partial charge in [0.25, 0.3) is 0 Å². The quantitative estimate of drug-likeness (QED) is 0.849. The third-order valence-electron chi connectivity index (χ3n) is 3.83. The molecule has 19 heavy (non-hydrogen) atoms. The summed E-state index contributed by atoms with van der Waals surface area (Å²) in [6.07, 6.45) is 3.17. The minimum Gasteiger partial charge on any atom is -0.490 e. The highest BCUT2D eigenvalue weighted by Crippen LogP contribution is 2.31. The second-order valence-electron chi connectivity index (χ2n) is 5.68. The van der Waals surface area contributed by atoms with E-state index in [4.69, 9.17) is 4.74 Å². The highest BCUT2D eigenvalue weighted by Gasteiger charge is 2.24. The molecule has 0 aliphatic carbocycles. The molecule has 0 saturated heterocycles. The van der Waals surface area contributed by atoms with Crippen molar-refractivity contribution in [3.8, 4) is 5.75 Å². The highest BCUT2D eigenvalue weighted by molar-refractivity contribution is 5.37. The zero-order valence-electron chi connectivity index (χ0n) is 12.1. The molecule has 0 saturated carbocycles.